The van der Waals surface area contributed by atoms with Crippen LogP contribution in [0.5, 0.6) is 0 Å². The summed E-state index contributed by atoms with van der Waals surface area (Å²) < 4.78 is 0. The summed E-state index contributed by atoms with van der Waals surface area (Å²) in [5.74, 6) is -2.12. The third-order valence-corrected chi connectivity index (χ3v) is 2.71. The summed E-state index contributed by atoms with van der Waals surface area (Å²) in [7, 11) is 0. The quantitative estimate of drug-likeness (QED) is 0.400. The zero-order chi connectivity index (χ0) is 16.3. The van der Waals surface area contributed by atoms with E-state index in [0.717, 1.165) is 0 Å². The van der Waals surface area contributed by atoms with Gasteiger partial charge in [0.1, 0.15) is 18.1 Å². The Labute approximate surface area is 122 Å². The highest BCUT2D eigenvalue weighted by Gasteiger charge is 2.14. The fourth-order valence-electron chi connectivity index (χ4n) is 1.41. The van der Waals surface area contributed by atoms with Crippen LogP contribution in [0.2, 0.25) is 0 Å². The SMILES string of the molecule is N[C@H](CCC(=O)CCC(=O)NCC(=O)CCC=O)C(=O)O. The number of aliphatic carboxylic acids is 1. The van der Waals surface area contributed by atoms with Crippen molar-refractivity contribution in [2.75, 3.05) is 6.54 Å². The molecule has 0 saturated heterocycles. The number of aldehydes is 1. The number of carboxylic acid groups (broad SMARTS) is 1. The van der Waals surface area contributed by atoms with Crippen molar-refractivity contribution >= 4 is 29.7 Å². The van der Waals surface area contributed by atoms with E-state index in [2.05, 4.69) is 5.32 Å². The van der Waals surface area contributed by atoms with Crippen molar-refractivity contribution in [3.05, 3.63) is 0 Å². The number of amides is 1. The highest BCUT2D eigenvalue weighted by Crippen LogP contribution is 2.01. The number of carbonyl (C=O) groups is 5. The standard InChI is InChI=1S/C13H20N2O6/c14-11(13(20)21)5-3-9(17)4-6-12(19)15-8-10(18)2-1-7-16/h7,11H,1-6,8,14H2,(H,15,19)(H,20,21)/t11-/m1/s1. The van der Waals surface area contributed by atoms with Gasteiger partial charge < -0.3 is 21.0 Å². The molecule has 4 N–H and O–H groups in total. The minimum atomic E-state index is -1.17. The Kier molecular flexibility index (Phi) is 9.61. The van der Waals surface area contributed by atoms with Crippen LogP contribution in [0.3, 0.4) is 0 Å². The van der Waals surface area contributed by atoms with Gasteiger partial charge in [-0.15, -0.1) is 0 Å². The molecule has 0 aromatic heterocycles. The lowest BCUT2D eigenvalue weighted by atomic mass is 10.1. The number of hydrogen-bond acceptors (Lipinski definition) is 6. The molecule has 8 heteroatoms. The Morgan fingerprint density at radius 3 is 2.29 bits per heavy atom. The van der Waals surface area contributed by atoms with E-state index in [1.165, 1.54) is 0 Å². The molecule has 0 aliphatic rings. The van der Waals surface area contributed by atoms with E-state index in [4.69, 9.17) is 10.8 Å². The van der Waals surface area contributed by atoms with Gasteiger partial charge in [0.15, 0.2) is 5.78 Å². The molecule has 8 nitrogen and oxygen atoms in total. The predicted octanol–water partition coefficient (Wildman–Crippen LogP) is -0.808. The first-order valence-corrected chi connectivity index (χ1v) is 6.59. The molecule has 118 valence electrons. The van der Waals surface area contributed by atoms with Gasteiger partial charge in [0.25, 0.3) is 0 Å². The fraction of sp³-hybridized carbons (Fsp3) is 0.615. The zero-order valence-electron chi connectivity index (χ0n) is 11.7. The molecule has 0 aliphatic carbocycles. The fourth-order valence-corrected chi connectivity index (χ4v) is 1.41. The van der Waals surface area contributed by atoms with Gasteiger partial charge >= 0.3 is 5.97 Å². The number of nitrogens with two attached hydrogens (primary N) is 1. The van der Waals surface area contributed by atoms with Crippen molar-refractivity contribution in [3.63, 3.8) is 0 Å². The summed E-state index contributed by atoms with van der Waals surface area (Å²) >= 11 is 0. The zero-order valence-corrected chi connectivity index (χ0v) is 11.7. The third kappa shape index (κ3) is 10.4. The Morgan fingerprint density at radius 2 is 1.71 bits per heavy atom. The summed E-state index contributed by atoms with van der Waals surface area (Å²) in [4.78, 5) is 54.5. The highest BCUT2D eigenvalue weighted by atomic mass is 16.4. The van der Waals surface area contributed by atoms with Gasteiger partial charge in [0, 0.05) is 32.1 Å². The van der Waals surface area contributed by atoms with Gasteiger partial charge in [-0.3, -0.25) is 19.2 Å². The molecule has 1 atom stereocenters. The second-order valence-corrected chi connectivity index (χ2v) is 4.54. The third-order valence-electron chi connectivity index (χ3n) is 2.71. The van der Waals surface area contributed by atoms with Gasteiger partial charge in [0.2, 0.25) is 5.91 Å². The normalized spacial score (nSPS) is 11.5. The molecule has 21 heavy (non-hydrogen) atoms. The molecule has 0 aromatic carbocycles. The van der Waals surface area contributed by atoms with E-state index in [0.29, 0.717) is 6.29 Å². The average molecular weight is 300 g/mol. The number of carbonyl (C=O) groups excluding carboxylic acids is 4. The minimum Gasteiger partial charge on any atom is -0.480 e. The van der Waals surface area contributed by atoms with Crippen molar-refractivity contribution in [2.24, 2.45) is 5.73 Å². The molecular formula is C13H20N2O6. The van der Waals surface area contributed by atoms with Crippen molar-refractivity contribution in [3.8, 4) is 0 Å². The van der Waals surface area contributed by atoms with Crippen LogP contribution in [-0.4, -0.2) is 47.4 Å². The maximum Gasteiger partial charge on any atom is 0.320 e. The van der Waals surface area contributed by atoms with Crippen LogP contribution < -0.4 is 11.1 Å². The first kappa shape index (κ1) is 18.9. The first-order valence-electron chi connectivity index (χ1n) is 6.59. The van der Waals surface area contributed by atoms with Crippen LogP contribution in [0.4, 0.5) is 0 Å². The molecular weight excluding hydrogens is 280 g/mol. The lowest BCUT2D eigenvalue weighted by Gasteiger charge is -2.06. The second-order valence-electron chi connectivity index (χ2n) is 4.54. The van der Waals surface area contributed by atoms with Crippen LogP contribution in [0.25, 0.3) is 0 Å². The molecule has 1 amide bonds. The summed E-state index contributed by atoms with van der Waals surface area (Å²) in [5.41, 5.74) is 5.25. The average Bonchev–Trinajstić information content (AvgIpc) is 2.45. The maximum atomic E-state index is 11.4. The van der Waals surface area contributed by atoms with Crippen molar-refractivity contribution in [1.29, 1.82) is 0 Å². The minimum absolute atomic E-state index is 0.000980. The Balaban J connectivity index is 3.77. The molecule has 0 unspecified atom stereocenters. The van der Waals surface area contributed by atoms with Gasteiger partial charge in [-0.25, -0.2) is 0 Å². The molecule has 0 spiro atoms. The highest BCUT2D eigenvalue weighted by molar-refractivity contribution is 5.89. The number of carboxylic acids is 1. The summed E-state index contributed by atoms with van der Waals surface area (Å²) in [6.07, 6.45) is 0.759. The maximum absolute atomic E-state index is 11.4. The largest absolute Gasteiger partial charge is 0.480 e. The Morgan fingerprint density at radius 1 is 1.05 bits per heavy atom. The van der Waals surface area contributed by atoms with Crippen LogP contribution in [0.1, 0.15) is 38.5 Å². The van der Waals surface area contributed by atoms with E-state index >= 15 is 0 Å². The van der Waals surface area contributed by atoms with Crippen LogP contribution in [0.15, 0.2) is 0 Å². The van der Waals surface area contributed by atoms with E-state index < -0.39 is 17.9 Å². The van der Waals surface area contributed by atoms with Gasteiger partial charge in [-0.05, 0) is 6.42 Å². The molecule has 0 heterocycles. The molecule has 0 aromatic rings. The number of hydrogen-bond donors (Lipinski definition) is 3. The number of nitrogens with one attached hydrogen (secondary N) is 1. The number of Topliss-reactive ketones (excluding diaryl/α,β-unsaturated/α-hetero) is 2. The number of rotatable bonds is 12. The van der Waals surface area contributed by atoms with Gasteiger partial charge in [0.05, 0.1) is 6.54 Å². The van der Waals surface area contributed by atoms with Gasteiger partial charge in [-0.1, -0.05) is 0 Å². The van der Waals surface area contributed by atoms with Gasteiger partial charge in [-0.2, -0.15) is 0 Å². The smallest absolute Gasteiger partial charge is 0.320 e. The van der Waals surface area contributed by atoms with E-state index in [-0.39, 0.29) is 56.6 Å². The molecule has 0 saturated carbocycles. The van der Waals surface area contributed by atoms with E-state index in [1.807, 2.05) is 0 Å². The van der Waals surface area contributed by atoms with Crippen LogP contribution in [0, 0.1) is 0 Å². The van der Waals surface area contributed by atoms with Crippen molar-refractivity contribution in [2.45, 2.75) is 44.6 Å². The molecule has 0 fully saturated rings. The first-order chi connectivity index (χ1) is 9.86. The van der Waals surface area contributed by atoms with Crippen LogP contribution >= 0.6 is 0 Å². The monoisotopic (exact) mass is 300 g/mol. The molecule has 0 radical (unpaired) electrons. The Bertz CT molecular complexity index is 407. The van der Waals surface area contributed by atoms with Crippen LogP contribution in [-0.2, 0) is 24.0 Å². The predicted molar refractivity (Wildman–Crippen MR) is 72.4 cm³/mol. The topological polar surface area (TPSA) is 144 Å². The molecule has 0 rings (SSSR count). The summed E-state index contributed by atoms with van der Waals surface area (Å²) in [5, 5.41) is 10.9. The molecule has 0 aliphatic heterocycles. The summed E-state index contributed by atoms with van der Waals surface area (Å²) in [6, 6.07) is -1.08. The van der Waals surface area contributed by atoms with Crippen molar-refractivity contribution < 1.29 is 29.1 Å². The Hall–Kier alpha value is -2.09. The lowest BCUT2D eigenvalue weighted by molar-refractivity contribution is -0.138. The molecule has 0 bridgehead atoms. The number of ketones is 2. The van der Waals surface area contributed by atoms with E-state index in [9.17, 15) is 24.0 Å². The lowest BCUT2D eigenvalue weighted by Crippen LogP contribution is -2.31. The van der Waals surface area contributed by atoms with E-state index in [1.54, 1.807) is 0 Å². The van der Waals surface area contributed by atoms with Crippen molar-refractivity contribution in [1.82, 2.24) is 5.32 Å². The second kappa shape index (κ2) is 10.7. The summed E-state index contributed by atoms with van der Waals surface area (Å²) in [6.45, 7) is -0.162.